The van der Waals surface area contributed by atoms with Crippen LogP contribution in [-0.4, -0.2) is 40.6 Å². The molecule has 1 spiro atoms. The summed E-state index contributed by atoms with van der Waals surface area (Å²) in [5, 5.41) is 0. The third-order valence-electron chi connectivity index (χ3n) is 5.10. The van der Waals surface area contributed by atoms with Gasteiger partial charge in [-0.1, -0.05) is 57.8 Å². The average molecular weight is 628 g/mol. The van der Waals surface area contributed by atoms with Gasteiger partial charge in [0.1, 0.15) is 11.0 Å². The maximum Gasteiger partial charge on any atom is 0.171 e. The number of hydrogen-bond acceptors (Lipinski definition) is 4. The minimum atomic E-state index is -1.12. The van der Waals surface area contributed by atoms with Gasteiger partial charge in [0, 0.05) is 39.8 Å². The fraction of sp³-hybridized carbons (Fsp3) is 0.478. The second kappa shape index (κ2) is 13.8. The molecule has 4 nitrogen and oxygen atoms in total. The Labute approximate surface area is 220 Å². The SMILES string of the molecule is CC.Cc1ccc(Br)cc1S(=O)N1CCC2(CC1)OCCO2.Cc1ccc(Br)cc1SCl. The van der Waals surface area contributed by atoms with Gasteiger partial charge in [-0.2, -0.15) is 0 Å². The molecule has 0 bridgehead atoms. The monoisotopic (exact) mass is 625 g/mol. The molecule has 0 N–H and O–H groups in total. The topological polar surface area (TPSA) is 38.8 Å². The molecule has 0 radical (unpaired) electrons. The number of nitrogens with zero attached hydrogens (tertiary/aromatic N) is 1. The van der Waals surface area contributed by atoms with Crippen molar-refractivity contribution >= 4 is 64.5 Å². The Hall–Kier alpha value is 0.0700. The van der Waals surface area contributed by atoms with Crippen LogP contribution in [-0.2, 0) is 20.5 Å². The smallest absolute Gasteiger partial charge is 0.171 e. The standard InChI is InChI=1S/C14H18BrNO3S.C7H6BrClS.C2H6/c1-11-2-3-12(15)10-13(11)20(17)16-6-4-14(5-7-16)18-8-9-19-14;1-5-2-3-6(8)4-7(5)10-9;1-2/h2-3,10H,4-9H2,1H3;2-4H,1H3;1-2H3. The molecule has 2 aliphatic rings. The van der Waals surface area contributed by atoms with E-state index in [1.807, 2.05) is 68.4 Å². The van der Waals surface area contributed by atoms with Gasteiger partial charge < -0.3 is 9.47 Å². The van der Waals surface area contributed by atoms with E-state index in [0.29, 0.717) is 13.2 Å². The van der Waals surface area contributed by atoms with E-state index >= 15 is 0 Å². The molecular weight excluding hydrogens is 598 g/mol. The van der Waals surface area contributed by atoms with Crippen LogP contribution in [0.3, 0.4) is 0 Å². The molecule has 2 saturated heterocycles. The van der Waals surface area contributed by atoms with Gasteiger partial charge in [-0.25, -0.2) is 8.51 Å². The molecule has 2 aliphatic heterocycles. The molecule has 0 amide bonds. The summed E-state index contributed by atoms with van der Waals surface area (Å²) in [5.41, 5.74) is 2.27. The van der Waals surface area contributed by atoms with Crippen molar-refractivity contribution < 1.29 is 13.7 Å². The highest BCUT2D eigenvalue weighted by Crippen LogP contribution is 2.33. The summed E-state index contributed by atoms with van der Waals surface area (Å²) in [6.45, 7) is 10.9. The Morgan fingerprint density at radius 2 is 1.50 bits per heavy atom. The van der Waals surface area contributed by atoms with Crippen molar-refractivity contribution in [2.75, 3.05) is 26.3 Å². The second-order valence-electron chi connectivity index (χ2n) is 7.18. The first kappa shape index (κ1) is 28.3. The molecule has 1 atom stereocenters. The molecule has 2 aromatic carbocycles. The highest BCUT2D eigenvalue weighted by atomic mass is 79.9. The van der Waals surface area contributed by atoms with Crippen LogP contribution in [0, 0.1) is 13.8 Å². The first-order valence-electron chi connectivity index (χ1n) is 10.6. The zero-order valence-corrected chi connectivity index (χ0v) is 24.4. The normalized spacial score (nSPS) is 18.3. The first-order chi connectivity index (χ1) is 15.3. The van der Waals surface area contributed by atoms with Crippen molar-refractivity contribution in [3.63, 3.8) is 0 Å². The number of rotatable bonds is 3. The maximum absolute atomic E-state index is 12.7. The van der Waals surface area contributed by atoms with Gasteiger partial charge in [0.2, 0.25) is 0 Å². The minimum absolute atomic E-state index is 0.410. The number of benzene rings is 2. The van der Waals surface area contributed by atoms with Gasteiger partial charge in [0.05, 0.1) is 18.1 Å². The third-order valence-corrected chi connectivity index (χ3v) is 8.85. The van der Waals surface area contributed by atoms with E-state index in [9.17, 15) is 4.21 Å². The molecule has 4 rings (SSSR count). The molecule has 0 aliphatic carbocycles. The van der Waals surface area contributed by atoms with Crippen LogP contribution in [0.1, 0.15) is 37.8 Å². The molecule has 2 fully saturated rings. The molecule has 1 unspecified atom stereocenters. The molecule has 32 heavy (non-hydrogen) atoms. The Kier molecular flexibility index (Phi) is 12.2. The summed E-state index contributed by atoms with van der Waals surface area (Å²) >= 11 is 6.81. The number of piperidine rings is 1. The van der Waals surface area contributed by atoms with Crippen LogP contribution in [0.2, 0.25) is 0 Å². The number of halogens is 3. The van der Waals surface area contributed by atoms with E-state index in [1.165, 1.54) is 16.5 Å². The lowest BCUT2D eigenvalue weighted by Gasteiger charge is -2.36. The largest absolute Gasteiger partial charge is 0.347 e. The van der Waals surface area contributed by atoms with E-state index in [4.69, 9.17) is 20.2 Å². The summed E-state index contributed by atoms with van der Waals surface area (Å²) in [6, 6.07) is 12.0. The number of ether oxygens (including phenoxy) is 2. The van der Waals surface area contributed by atoms with Crippen molar-refractivity contribution in [3.8, 4) is 0 Å². The quantitative estimate of drug-likeness (QED) is 0.351. The van der Waals surface area contributed by atoms with E-state index in [0.717, 1.165) is 50.2 Å². The Bertz CT molecular complexity index is 901. The average Bonchev–Trinajstić information content (AvgIpc) is 3.26. The Morgan fingerprint density at radius 3 is 2.03 bits per heavy atom. The van der Waals surface area contributed by atoms with Gasteiger partial charge in [-0.05, 0) is 70.9 Å². The van der Waals surface area contributed by atoms with Gasteiger partial charge in [-0.3, -0.25) is 0 Å². The Morgan fingerprint density at radius 1 is 0.969 bits per heavy atom. The highest BCUT2D eigenvalue weighted by Gasteiger charge is 2.41. The van der Waals surface area contributed by atoms with E-state index in [2.05, 4.69) is 31.9 Å². The minimum Gasteiger partial charge on any atom is -0.347 e. The van der Waals surface area contributed by atoms with Crippen LogP contribution in [0.25, 0.3) is 0 Å². The van der Waals surface area contributed by atoms with Crippen molar-refractivity contribution in [3.05, 3.63) is 56.5 Å². The molecule has 0 saturated carbocycles. The second-order valence-corrected chi connectivity index (χ2v) is 11.5. The third kappa shape index (κ3) is 7.80. The van der Waals surface area contributed by atoms with Crippen LogP contribution in [0.4, 0.5) is 0 Å². The molecular formula is C23H30Br2ClNO3S2. The van der Waals surface area contributed by atoms with E-state index in [-0.39, 0.29) is 0 Å². The summed E-state index contributed by atoms with van der Waals surface area (Å²) in [7, 11) is 5.74. The molecule has 2 heterocycles. The molecule has 0 aromatic heterocycles. The summed E-state index contributed by atoms with van der Waals surface area (Å²) in [5.74, 6) is -0.410. The first-order valence-corrected chi connectivity index (χ1v) is 14.9. The predicted molar refractivity (Wildman–Crippen MR) is 143 cm³/mol. The number of aryl methyl sites for hydroxylation is 2. The van der Waals surface area contributed by atoms with Gasteiger partial charge in [-0.15, -0.1) is 0 Å². The maximum atomic E-state index is 12.7. The molecule has 2 aromatic rings. The fourth-order valence-corrected chi connectivity index (χ4v) is 6.59. The summed E-state index contributed by atoms with van der Waals surface area (Å²) in [6.07, 6.45) is 1.57. The van der Waals surface area contributed by atoms with Crippen LogP contribution in [0.15, 0.2) is 55.1 Å². The van der Waals surface area contributed by atoms with Gasteiger partial charge in [0.25, 0.3) is 0 Å². The summed E-state index contributed by atoms with van der Waals surface area (Å²) < 4.78 is 28.2. The lowest BCUT2D eigenvalue weighted by atomic mass is 10.1. The zero-order chi connectivity index (χ0) is 23.7. The lowest BCUT2D eigenvalue weighted by Crippen LogP contribution is -2.45. The van der Waals surface area contributed by atoms with Gasteiger partial charge >= 0.3 is 0 Å². The Balaban J connectivity index is 0.000000255. The zero-order valence-electron chi connectivity index (χ0n) is 18.8. The predicted octanol–water partition coefficient (Wildman–Crippen LogP) is 7.65. The summed E-state index contributed by atoms with van der Waals surface area (Å²) in [4.78, 5) is 1.99. The fourth-order valence-electron chi connectivity index (χ4n) is 3.34. The van der Waals surface area contributed by atoms with E-state index in [1.54, 1.807) is 0 Å². The lowest BCUT2D eigenvalue weighted by molar-refractivity contribution is -0.179. The van der Waals surface area contributed by atoms with Crippen molar-refractivity contribution in [1.82, 2.24) is 4.31 Å². The van der Waals surface area contributed by atoms with E-state index < -0.39 is 16.8 Å². The van der Waals surface area contributed by atoms with Crippen molar-refractivity contribution in [1.29, 1.82) is 0 Å². The van der Waals surface area contributed by atoms with Crippen molar-refractivity contribution in [2.45, 2.75) is 56.1 Å². The molecule has 178 valence electrons. The van der Waals surface area contributed by atoms with Crippen LogP contribution >= 0.6 is 53.5 Å². The highest BCUT2D eigenvalue weighted by molar-refractivity contribution is 9.10. The van der Waals surface area contributed by atoms with Crippen LogP contribution < -0.4 is 0 Å². The molecule has 9 heteroatoms. The van der Waals surface area contributed by atoms with Gasteiger partial charge in [0.15, 0.2) is 5.79 Å². The number of hydrogen-bond donors (Lipinski definition) is 0. The van der Waals surface area contributed by atoms with Crippen LogP contribution in [0.5, 0.6) is 0 Å². The van der Waals surface area contributed by atoms with Crippen molar-refractivity contribution in [2.24, 2.45) is 0 Å².